The van der Waals surface area contributed by atoms with Crippen LogP contribution in [-0.2, 0) is 0 Å². The predicted molar refractivity (Wildman–Crippen MR) is 84.3 cm³/mol. The highest BCUT2D eigenvalue weighted by Crippen LogP contribution is 2.30. The zero-order chi connectivity index (χ0) is 15.2. The monoisotopic (exact) mass is 286 g/mol. The number of hydrogen-bond donors (Lipinski definition) is 2. The van der Waals surface area contributed by atoms with Gasteiger partial charge in [0.2, 0.25) is 0 Å². The zero-order valence-electron chi connectivity index (χ0n) is 12.6. The Morgan fingerprint density at radius 2 is 1.90 bits per heavy atom. The molecular weight excluding hydrogens is 264 g/mol. The van der Waals surface area contributed by atoms with E-state index in [-0.39, 0.29) is 11.8 Å². The number of hydrogen-bond acceptors (Lipinski definition) is 2. The third-order valence-electron chi connectivity index (χ3n) is 3.96. The lowest BCUT2D eigenvalue weighted by molar-refractivity contribution is 0.101. The van der Waals surface area contributed by atoms with Gasteiger partial charge in [0.15, 0.2) is 5.78 Å². The molecule has 0 radical (unpaired) electrons. The minimum Gasteiger partial charge on any atom is -0.314 e. The van der Waals surface area contributed by atoms with Gasteiger partial charge in [-0.3, -0.25) is 4.79 Å². The minimum atomic E-state index is -0.284. The van der Waals surface area contributed by atoms with E-state index in [0.29, 0.717) is 17.2 Å². The number of urea groups is 1. The molecule has 112 valence electrons. The second-order valence-corrected chi connectivity index (χ2v) is 5.61. The van der Waals surface area contributed by atoms with Gasteiger partial charge in [0, 0.05) is 17.5 Å². The van der Waals surface area contributed by atoms with Crippen molar-refractivity contribution in [3.05, 3.63) is 41.6 Å². The van der Waals surface area contributed by atoms with Gasteiger partial charge in [-0.2, -0.15) is 0 Å². The van der Waals surface area contributed by atoms with E-state index >= 15 is 0 Å². The molecule has 1 aliphatic rings. The molecule has 4 nitrogen and oxygen atoms in total. The molecule has 1 aliphatic carbocycles. The van der Waals surface area contributed by atoms with Crippen LogP contribution in [0.1, 0.15) is 49.9 Å². The van der Waals surface area contributed by atoms with Gasteiger partial charge in [0.25, 0.3) is 0 Å². The van der Waals surface area contributed by atoms with E-state index in [1.807, 2.05) is 0 Å². The molecule has 4 heteroatoms. The molecule has 0 aromatic heterocycles. The topological polar surface area (TPSA) is 58.2 Å². The average molecular weight is 286 g/mol. The van der Waals surface area contributed by atoms with Crippen molar-refractivity contribution in [1.29, 1.82) is 0 Å². The lowest BCUT2D eigenvalue weighted by atomic mass is 10.0. The Balaban J connectivity index is 1.91. The van der Waals surface area contributed by atoms with Crippen molar-refractivity contribution < 1.29 is 9.59 Å². The Morgan fingerprint density at radius 3 is 2.57 bits per heavy atom. The molecule has 0 heterocycles. The summed E-state index contributed by atoms with van der Waals surface area (Å²) >= 11 is 0. The van der Waals surface area contributed by atoms with Crippen LogP contribution in [0, 0.1) is 5.92 Å². The SMILES string of the molecule is CC(=O)c1cccc(NC(=O)N/C=C(\C)C2CCCC2)c1. The first-order chi connectivity index (χ1) is 10.1. The quantitative estimate of drug-likeness (QED) is 0.818. The summed E-state index contributed by atoms with van der Waals surface area (Å²) in [5, 5.41) is 5.50. The molecule has 2 rings (SSSR count). The lowest BCUT2D eigenvalue weighted by Gasteiger charge is -2.10. The third-order valence-corrected chi connectivity index (χ3v) is 3.96. The number of rotatable bonds is 4. The highest BCUT2D eigenvalue weighted by atomic mass is 16.2. The summed E-state index contributed by atoms with van der Waals surface area (Å²) in [7, 11) is 0. The lowest BCUT2D eigenvalue weighted by Crippen LogP contribution is -2.24. The van der Waals surface area contributed by atoms with Crippen molar-refractivity contribution in [3.63, 3.8) is 0 Å². The number of ketones is 1. The molecular formula is C17H22N2O2. The van der Waals surface area contributed by atoms with E-state index in [0.717, 1.165) is 0 Å². The molecule has 0 bridgehead atoms. The van der Waals surface area contributed by atoms with Crippen LogP contribution in [0.3, 0.4) is 0 Å². The maximum absolute atomic E-state index is 11.9. The summed E-state index contributed by atoms with van der Waals surface area (Å²) in [5.74, 6) is 0.586. The van der Waals surface area contributed by atoms with Gasteiger partial charge < -0.3 is 10.6 Å². The zero-order valence-corrected chi connectivity index (χ0v) is 12.6. The minimum absolute atomic E-state index is 0.0176. The number of amides is 2. The van der Waals surface area contributed by atoms with Crippen molar-refractivity contribution in [2.75, 3.05) is 5.32 Å². The third kappa shape index (κ3) is 4.45. The highest BCUT2D eigenvalue weighted by molar-refractivity contribution is 5.96. The van der Waals surface area contributed by atoms with E-state index in [9.17, 15) is 9.59 Å². The van der Waals surface area contributed by atoms with E-state index in [4.69, 9.17) is 0 Å². The molecule has 2 N–H and O–H groups in total. The van der Waals surface area contributed by atoms with Crippen molar-refractivity contribution in [2.24, 2.45) is 5.92 Å². The van der Waals surface area contributed by atoms with Crippen LogP contribution in [0.15, 0.2) is 36.0 Å². The number of carbonyl (C=O) groups is 2. The standard InChI is InChI=1S/C17H22N2O2/c1-12(14-6-3-4-7-14)11-18-17(21)19-16-9-5-8-15(10-16)13(2)20/h5,8-11,14H,3-4,6-7H2,1-2H3,(H2,18,19,21)/b12-11+. The number of anilines is 1. The van der Waals surface area contributed by atoms with Crippen molar-refractivity contribution in [3.8, 4) is 0 Å². The molecule has 0 atom stereocenters. The smallest absolute Gasteiger partial charge is 0.314 e. The number of benzene rings is 1. The molecule has 1 aromatic carbocycles. The van der Waals surface area contributed by atoms with Crippen LogP contribution >= 0.6 is 0 Å². The Labute approximate surface area is 125 Å². The first-order valence-electron chi connectivity index (χ1n) is 7.41. The molecule has 0 aliphatic heterocycles. The van der Waals surface area contributed by atoms with E-state index in [1.165, 1.54) is 38.2 Å². The van der Waals surface area contributed by atoms with Crippen LogP contribution in [-0.4, -0.2) is 11.8 Å². The summed E-state index contributed by atoms with van der Waals surface area (Å²) in [5.41, 5.74) is 2.43. The molecule has 2 amide bonds. The normalized spacial score (nSPS) is 15.8. The number of nitrogens with one attached hydrogen (secondary N) is 2. The molecule has 1 fully saturated rings. The Bertz CT molecular complexity index is 558. The molecule has 0 spiro atoms. The second kappa shape index (κ2) is 7.07. The van der Waals surface area contributed by atoms with Gasteiger partial charge in [-0.05, 0) is 44.7 Å². The van der Waals surface area contributed by atoms with Gasteiger partial charge in [0.05, 0.1) is 0 Å². The predicted octanol–water partition coefficient (Wildman–Crippen LogP) is 4.10. The maximum atomic E-state index is 11.9. The summed E-state index contributed by atoms with van der Waals surface area (Å²) < 4.78 is 0. The number of Topliss-reactive ketones (excluding diaryl/α,β-unsaturated/α-hetero) is 1. The van der Waals surface area contributed by atoms with Gasteiger partial charge in [-0.25, -0.2) is 4.79 Å². The van der Waals surface area contributed by atoms with Gasteiger partial charge in [-0.1, -0.05) is 30.5 Å². The van der Waals surface area contributed by atoms with Crippen LogP contribution < -0.4 is 10.6 Å². The largest absolute Gasteiger partial charge is 0.323 e. The molecule has 0 saturated heterocycles. The maximum Gasteiger partial charge on any atom is 0.323 e. The van der Waals surface area contributed by atoms with Crippen molar-refractivity contribution in [2.45, 2.75) is 39.5 Å². The Morgan fingerprint density at radius 1 is 1.19 bits per heavy atom. The van der Waals surface area contributed by atoms with Crippen LogP contribution in [0.5, 0.6) is 0 Å². The van der Waals surface area contributed by atoms with Crippen molar-refractivity contribution in [1.82, 2.24) is 5.32 Å². The first kappa shape index (κ1) is 15.3. The molecule has 0 unspecified atom stereocenters. The summed E-state index contributed by atoms with van der Waals surface area (Å²) in [6.07, 6.45) is 6.78. The number of allylic oxidation sites excluding steroid dienone is 1. The molecule has 21 heavy (non-hydrogen) atoms. The Hall–Kier alpha value is -2.10. The fraction of sp³-hybridized carbons (Fsp3) is 0.412. The fourth-order valence-electron chi connectivity index (χ4n) is 2.66. The van der Waals surface area contributed by atoms with Gasteiger partial charge >= 0.3 is 6.03 Å². The van der Waals surface area contributed by atoms with Crippen molar-refractivity contribution >= 4 is 17.5 Å². The number of carbonyl (C=O) groups excluding carboxylic acids is 2. The summed E-state index contributed by atoms with van der Waals surface area (Å²) in [4.78, 5) is 23.2. The van der Waals surface area contributed by atoms with Gasteiger partial charge in [0.1, 0.15) is 0 Å². The summed E-state index contributed by atoms with van der Waals surface area (Å²) in [6.45, 7) is 3.57. The van der Waals surface area contributed by atoms with E-state index in [2.05, 4.69) is 17.6 Å². The van der Waals surface area contributed by atoms with E-state index < -0.39 is 0 Å². The van der Waals surface area contributed by atoms with Crippen LogP contribution in [0.4, 0.5) is 10.5 Å². The fourth-order valence-corrected chi connectivity index (χ4v) is 2.66. The average Bonchev–Trinajstić information content (AvgIpc) is 2.99. The molecule has 1 saturated carbocycles. The van der Waals surface area contributed by atoms with Crippen LogP contribution in [0.2, 0.25) is 0 Å². The second-order valence-electron chi connectivity index (χ2n) is 5.61. The molecule has 1 aromatic rings. The van der Waals surface area contributed by atoms with Gasteiger partial charge in [-0.15, -0.1) is 0 Å². The first-order valence-corrected chi connectivity index (χ1v) is 7.41. The van der Waals surface area contributed by atoms with E-state index in [1.54, 1.807) is 30.5 Å². The summed E-state index contributed by atoms with van der Waals surface area (Å²) in [6, 6.07) is 6.64. The highest BCUT2D eigenvalue weighted by Gasteiger charge is 2.16. The Kier molecular flexibility index (Phi) is 5.14. The van der Waals surface area contributed by atoms with Crippen LogP contribution in [0.25, 0.3) is 0 Å².